The second-order valence-electron chi connectivity index (χ2n) is 7.70. The summed E-state index contributed by atoms with van der Waals surface area (Å²) in [6, 6.07) is 16.1. The van der Waals surface area contributed by atoms with E-state index in [1.165, 1.54) is 11.6 Å². The number of nitrogens with zero attached hydrogens (tertiary/aromatic N) is 1. The summed E-state index contributed by atoms with van der Waals surface area (Å²) in [6.07, 6.45) is 1.68. The number of rotatable bonds is 7. The van der Waals surface area contributed by atoms with Gasteiger partial charge in [0, 0.05) is 11.6 Å². The fourth-order valence-electron chi connectivity index (χ4n) is 3.31. The van der Waals surface area contributed by atoms with Crippen molar-refractivity contribution in [3.05, 3.63) is 65.7 Å². The van der Waals surface area contributed by atoms with Crippen molar-refractivity contribution in [3.63, 3.8) is 0 Å². The first-order valence-electron chi connectivity index (χ1n) is 9.82. The van der Waals surface area contributed by atoms with Crippen LogP contribution in [0.5, 0.6) is 0 Å². The van der Waals surface area contributed by atoms with Crippen LogP contribution < -0.4 is 10.0 Å². The molecular formula is C22H27N3O3S. The number of amidine groups is 1. The van der Waals surface area contributed by atoms with Gasteiger partial charge in [0.25, 0.3) is 10.0 Å². The Morgan fingerprint density at radius 1 is 1.03 bits per heavy atom. The zero-order valence-electron chi connectivity index (χ0n) is 16.9. The van der Waals surface area contributed by atoms with Crippen LogP contribution in [0.25, 0.3) is 0 Å². The third-order valence-electron chi connectivity index (χ3n) is 4.93. The Morgan fingerprint density at radius 2 is 1.69 bits per heavy atom. The van der Waals surface area contributed by atoms with E-state index in [4.69, 9.17) is 0 Å². The van der Waals surface area contributed by atoms with Crippen LogP contribution in [0.15, 0.2) is 64.5 Å². The van der Waals surface area contributed by atoms with Crippen molar-refractivity contribution in [1.82, 2.24) is 10.0 Å². The highest BCUT2D eigenvalue weighted by atomic mass is 32.2. The molecule has 1 aliphatic rings. The third-order valence-corrected chi connectivity index (χ3v) is 6.33. The molecule has 1 aliphatic heterocycles. The van der Waals surface area contributed by atoms with E-state index in [-0.39, 0.29) is 28.6 Å². The summed E-state index contributed by atoms with van der Waals surface area (Å²) < 4.78 is 27.1. The Bertz CT molecular complexity index is 1000. The number of hydrogen-bond acceptors (Lipinski definition) is 4. The molecule has 7 heteroatoms. The molecule has 6 nitrogen and oxygen atoms in total. The summed E-state index contributed by atoms with van der Waals surface area (Å²) in [4.78, 5) is 17.6. The number of carbonyl (C=O) groups excluding carboxylic acids is 1. The average Bonchev–Trinajstić information content (AvgIpc) is 2.95. The summed E-state index contributed by atoms with van der Waals surface area (Å²) in [5, 5.41) is 3.03. The molecule has 29 heavy (non-hydrogen) atoms. The van der Waals surface area contributed by atoms with E-state index in [1.807, 2.05) is 39.0 Å². The Balaban J connectivity index is 1.71. The molecule has 3 rings (SSSR count). The second kappa shape index (κ2) is 8.78. The summed E-state index contributed by atoms with van der Waals surface area (Å²) in [6.45, 7) is 5.77. The first kappa shape index (κ1) is 21.0. The molecule has 1 amide bonds. The number of fused-ring (bicyclic) bond motifs is 1. The van der Waals surface area contributed by atoms with Gasteiger partial charge in [-0.25, -0.2) is 8.42 Å². The molecule has 1 heterocycles. The molecule has 2 aromatic carbocycles. The van der Waals surface area contributed by atoms with Crippen molar-refractivity contribution >= 4 is 21.8 Å². The maximum Gasteiger partial charge on any atom is 0.263 e. The average molecular weight is 414 g/mol. The standard InChI is InChI=1S/C22H27N3O3S/c1-15(2)20(22(26)23-16(3)13-14-17-9-5-4-6-10-17)24-21-18-11-7-8-12-19(18)29(27,28)25-21/h4-12,15-16,20H,13-14H2,1-3H3,(H,23,26)(H,24,25). The summed E-state index contributed by atoms with van der Waals surface area (Å²) >= 11 is 0. The lowest BCUT2D eigenvalue weighted by molar-refractivity contribution is -0.123. The molecule has 0 aromatic heterocycles. The molecule has 0 bridgehead atoms. The number of nitrogens with one attached hydrogen (secondary N) is 2. The van der Waals surface area contributed by atoms with Gasteiger partial charge in [-0.15, -0.1) is 0 Å². The van der Waals surface area contributed by atoms with E-state index < -0.39 is 16.1 Å². The molecular weight excluding hydrogens is 386 g/mol. The van der Waals surface area contributed by atoms with Gasteiger partial charge < -0.3 is 5.32 Å². The van der Waals surface area contributed by atoms with Gasteiger partial charge in [-0.2, -0.15) is 0 Å². The Hall–Kier alpha value is -2.67. The molecule has 0 saturated heterocycles. The minimum Gasteiger partial charge on any atom is -0.352 e. The molecule has 154 valence electrons. The Labute approximate surface area is 172 Å². The number of sulfonamides is 1. The zero-order chi connectivity index (χ0) is 21.0. The number of carbonyl (C=O) groups is 1. The van der Waals surface area contributed by atoms with Crippen LogP contribution in [-0.2, 0) is 21.2 Å². The molecule has 2 unspecified atom stereocenters. The van der Waals surface area contributed by atoms with Gasteiger partial charge in [0.05, 0.1) is 4.90 Å². The molecule has 0 radical (unpaired) electrons. The topological polar surface area (TPSA) is 87.6 Å². The van der Waals surface area contributed by atoms with Gasteiger partial charge in [-0.1, -0.05) is 56.3 Å². The maximum atomic E-state index is 12.9. The van der Waals surface area contributed by atoms with Crippen molar-refractivity contribution < 1.29 is 13.2 Å². The molecule has 2 aromatic rings. The fraction of sp³-hybridized carbons (Fsp3) is 0.364. The van der Waals surface area contributed by atoms with Crippen molar-refractivity contribution in [1.29, 1.82) is 0 Å². The highest BCUT2D eigenvalue weighted by molar-refractivity contribution is 7.90. The molecule has 2 atom stereocenters. The zero-order valence-corrected chi connectivity index (χ0v) is 17.7. The predicted molar refractivity (Wildman–Crippen MR) is 114 cm³/mol. The van der Waals surface area contributed by atoms with Gasteiger partial charge in [0.2, 0.25) is 5.91 Å². The quantitative estimate of drug-likeness (QED) is 0.732. The van der Waals surface area contributed by atoms with Gasteiger partial charge in [0.1, 0.15) is 11.9 Å². The lowest BCUT2D eigenvalue weighted by Crippen LogP contribution is -2.42. The monoisotopic (exact) mass is 413 g/mol. The number of benzene rings is 2. The summed E-state index contributed by atoms with van der Waals surface area (Å²) in [7, 11) is -3.63. The Morgan fingerprint density at radius 3 is 2.38 bits per heavy atom. The Kier molecular flexibility index (Phi) is 6.37. The van der Waals surface area contributed by atoms with Gasteiger partial charge in [-0.3, -0.25) is 14.5 Å². The van der Waals surface area contributed by atoms with Gasteiger partial charge in [-0.05, 0) is 43.4 Å². The third kappa shape index (κ3) is 5.03. The number of amides is 1. The molecule has 0 saturated carbocycles. The maximum absolute atomic E-state index is 12.9. The van der Waals surface area contributed by atoms with E-state index >= 15 is 0 Å². The first-order chi connectivity index (χ1) is 13.8. The van der Waals surface area contributed by atoms with E-state index in [9.17, 15) is 13.2 Å². The van der Waals surface area contributed by atoms with Gasteiger partial charge >= 0.3 is 0 Å². The van der Waals surface area contributed by atoms with Gasteiger partial charge in [0.15, 0.2) is 0 Å². The first-order valence-corrected chi connectivity index (χ1v) is 11.3. The van der Waals surface area contributed by atoms with Crippen LogP contribution in [0.1, 0.15) is 38.3 Å². The van der Waals surface area contributed by atoms with E-state index in [2.05, 4.69) is 27.2 Å². The van der Waals surface area contributed by atoms with E-state index in [1.54, 1.807) is 18.2 Å². The number of hydrogen-bond donors (Lipinski definition) is 2. The van der Waals surface area contributed by atoms with Crippen LogP contribution in [0.3, 0.4) is 0 Å². The minimum absolute atomic E-state index is 0.0169. The molecule has 2 N–H and O–H groups in total. The van der Waals surface area contributed by atoms with Crippen LogP contribution >= 0.6 is 0 Å². The molecule has 0 fully saturated rings. The smallest absolute Gasteiger partial charge is 0.263 e. The van der Waals surface area contributed by atoms with Crippen LogP contribution in [-0.4, -0.2) is 32.2 Å². The highest BCUT2D eigenvalue weighted by Crippen LogP contribution is 2.23. The van der Waals surface area contributed by atoms with E-state index in [0.717, 1.165) is 12.8 Å². The largest absolute Gasteiger partial charge is 0.352 e. The van der Waals surface area contributed by atoms with Crippen molar-refractivity contribution in [2.75, 3.05) is 0 Å². The normalized spacial score (nSPS) is 18.1. The van der Waals surface area contributed by atoms with Crippen LogP contribution in [0.2, 0.25) is 0 Å². The molecule has 0 aliphatic carbocycles. The fourth-order valence-corrected chi connectivity index (χ4v) is 4.55. The SMILES string of the molecule is CC(CCc1ccccc1)NC(=O)C(N=C1NS(=O)(=O)c2ccccc21)C(C)C. The summed E-state index contributed by atoms with van der Waals surface area (Å²) in [5.41, 5.74) is 1.73. The highest BCUT2D eigenvalue weighted by Gasteiger charge is 2.32. The van der Waals surface area contributed by atoms with E-state index in [0.29, 0.717) is 5.56 Å². The predicted octanol–water partition coefficient (Wildman–Crippen LogP) is 2.89. The molecule has 0 spiro atoms. The number of aryl methyl sites for hydroxylation is 1. The van der Waals surface area contributed by atoms with Crippen LogP contribution in [0, 0.1) is 5.92 Å². The minimum atomic E-state index is -3.63. The van der Waals surface area contributed by atoms with Crippen molar-refractivity contribution in [2.24, 2.45) is 10.9 Å². The second-order valence-corrected chi connectivity index (χ2v) is 9.35. The van der Waals surface area contributed by atoms with Crippen molar-refractivity contribution in [2.45, 2.75) is 50.6 Å². The lowest BCUT2D eigenvalue weighted by atomic mass is 10.0. The summed E-state index contributed by atoms with van der Waals surface area (Å²) in [5.74, 6) is -0.0517. The van der Waals surface area contributed by atoms with Crippen molar-refractivity contribution in [3.8, 4) is 0 Å². The lowest BCUT2D eigenvalue weighted by Gasteiger charge is -2.21. The number of aliphatic imine (C=N–C) groups is 1. The van der Waals surface area contributed by atoms with Crippen LogP contribution in [0.4, 0.5) is 0 Å².